The summed E-state index contributed by atoms with van der Waals surface area (Å²) in [6, 6.07) is 1.78. The molecule has 1 unspecified atom stereocenters. The zero-order valence-corrected chi connectivity index (χ0v) is 9.34. The molecule has 0 aliphatic heterocycles. The van der Waals surface area contributed by atoms with Gasteiger partial charge in [0, 0.05) is 0 Å². The highest BCUT2D eigenvalue weighted by molar-refractivity contribution is 6.30. The van der Waals surface area contributed by atoms with Crippen LogP contribution in [0.1, 0.15) is 33.1 Å². The van der Waals surface area contributed by atoms with E-state index in [-0.39, 0.29) is 7.43 Å². The maximum absolute atomic E-state index is 12.0. The summed E-state index contributed by atoms with van der Waals surface area (Å²) in [7, 11) is 0. The summed E-state index contributed by atoms with van der Waals surface area (Å²) < 4.78 is 35.9. The van der Waals surface area contributed by atoms with Crippen LogP contribution >= 0.6 is 11.6 Å². The standard InChI is InChI=1S/C7H5ClF3NO2.C2H6.CH4/c8-6-4(13)2-1-3(12-6)5(14)7(9,10)11;1-2;/h1-2,5,13-14H;1-2H3;1H4. The summed E-state index contributed by atoms with van der Waals surface area (Å²) >= 11 is 5.27. The molecule has 0 spiro atoms. The van der Waals surface area contributed by atoms with Crippen LogP contribution in [0.5, 0.6) is 5.75 Å². The number of aliphatic hydroxyl groups excluding tert-OH is 1. The lowest BCUT2D eigenvalue weighted by molar-refractivity contribution is -0.207. The molecule has 1 heterocycles. The molecule has 7 heteroatoms. The van der Waals surface area contributed by atoms with Crippen LogP contribution in [0.3, 0.4) is 0 Å². The highest BCUT2D eigenvalue weighted by Crippen LogP contribution is 2.33. The molecular weight excluding hydrogens is 259 g/mol. The Hall–Kier alpha value is -1.01. The minimum atomic E-state index is -4.80. The van der Waals surface area contributed by atoms with Crippen LogP contribution in [-0.2, 0) is 0 Å². The molecular formula is C10H15ClF3NO2. The van der Waals surface area contributed by atoms with Gasteiger partial charge in [0.15, 0.2) is 17.0 Å². The van der Waals surface area contributed by atoms with Crippen LogP contribution in [0.2, 0.25) is 5.15 Å². The van der Waals surface area contributed by atoms with Gasteiger partial charge in [-0.2, -0.15) is 13.2 Å². The maximum atomic E-state index is 12.0. The zero-order chi connectivity index (χ0) is 12.9. The summed E-state index contributed by atoms with van der Waals surface area (Å²) in [6.07, 6.45) is -7.49. The number of hydrogen-bond donors (Lipinski definition) is 2. The first-order valence-corrected chi connectivity index (χ1v) is 4.80. The molecule has 0 amide bonds. The van der Waals surface area contributed by atoms with Crippen molar-refractivity contribution in [2.45, 2.75) is 33.6 Å². The van der Waals surface area contributed by atoms with Crippen LogP contribution in [0.4, 0.5) is 13.2 Å². The van der Waals surface area contributed by atoms with E-state index in [1.807, 2.05) is 13.8 Å². The lowest BCUT2D eigenvalue weighted by Crippen LogP contribution is -2.21. The fraction of sp³-hybridized carbons (Fsp3) is 0.500. The van der Waals surface area contributed by atoms with Crippen LogP contribution in [0.15, 0.2) is 12.1 Å². The third-order valence-corrected chi connectivity index (χ3v) is 1.72. The Labute approximate surface area is 103 Å². The Morgan fingerprint density at radius 1 is 1.29 bits per heavy atom. The fourth-order valence-electron chi connectivity index (χ4n) is 0.761. The second-order valence-corrected chi connectivity index (χ2v) is 2.85. The summed E-state index contributed by atoms with van der Waals surface area (Å²) in [5, 5.41) is 17.1. The average Bonchev–Trinajstić information content (AvgIpc) is 2.23. The second kappa shape index (κ2) is 7.34. The molecule has 1 rings (SSSR count). The van der Waals surface area contributed by atoms with Crippen molar-refractivity contribution in [3.8, 4) is 5.75 Å². The van der Waals surface area contributed by atoms with Crippen LogP contribution in [-0.4, -0.2) is 21.4 Å². The smallest absolute Gasteiger partial charge is 0.420 e. The fourth-order valence-corrected chi connectivity index (χ4v) is 0.922. The van der Waals surface area contributed by atoms with Crippen molar-refractivity contribution in [2.75, 3.05) is 0 Å². The molecule has 0 fully saturated rings. The third-order valence-electron chi connectivity index (χ3n) is 1.44. The van der Waals surface area contributed by atoms with Crippen molar-refractivity contribution < 1.29 is 23.4 Å². The zero-order valence-electron chi connectivity index (χ0n) is 8.59. The largest absolute Gasteiger partial charge is 0.505 e. The first-order chi connectivity index (χ1) is 7.32. The Bertz CT molecular complexity index is 345. The highest BCUT2D eigenvalue weighted by atomic mass is 35.5. The lowest BCUT2D eigenvalue weighted by Gasteiger charge is -2.13. The molecule has 0 aliphatic rings. The number of aromatic nitrogens is 1. The molecule has 1 aromatic rings. The predicted molar refractivity (Wildman–Crippen MR) is 60.0 cm³/mol. The SMILES string of the molecule is C.CC.Oc1ccc(C(O)C(F)(F)F)nc1Cl. The molecule has 2 N–H and O–H groups in total. The molecule has 0 radical (unpaired) electrons. The predicted octanol–water partition coefficient (Wildman–Crippen LogP) is 3.70. The number of nitrogens with zero attached hydrogens (tertiary/aromatic N) is 1. The number of aromatic hydroxyl groups is 1. The van der Waals surface area contributed by atoms with Crippen molar-refractivity contribution in [3.63, 3.8) is 0 Å². The van der Waals surface area contributed by atoms with Crippen LogP contribution in [0, 0.1) is 0 Å². The molecule has 17 heavy (non-hydrogen) atoms. The molecule has 3 nitrogen and oxygen atoms in total. The minimum absolute atomic E-state index is 0. The molecule has 1 aromatic heterocycles. The van der Waals surface area contributed by atoms with E-state index >= 15 is 0 Å². The molecule has 1 atom stereocenters. The van der Waals surface area contributed by atoms with Crippen molar-refractivity contribution in [1.29, 1.82) is 0 Å². The molecule has 100 valence electrons. The van der Waals surface area contributed by atoms with Crippen molar-refractivity contribution >= 4 is 11.6 Å². The quantitative estimate of drug-likeness (QED) is 0.767. The molecule has 0 aromatic carbocycles. The van der Waals surface area contributed by atoms with Gasteiger partial charge < -0.3 is 10.2 Å². The number of pyridine rings is 1. The van der Waals surface area contributed by atoms with Gasteiger partial charge in [0.05, 0.1) is 5.69 Å². The van der Waals surface area contributed by atoms with Crippen LogP contribution < -0.4 is 0 Å². The van der Waals surface area contributed by atoms with E-state index in [9.17, 15) is 13.2 Å². The molecule has 0 saturated heterocycles. The number of rotatable bonds is 1. The summed E-state index contributed by atoms with van der Waals surface area (Å²) in [5.41, 5.74) is -0.652. The van der Waals surface area contributed by atoms with E-state index < -0.39 is 28.9 Å². The Balaban J connectivity index is 0. The first-order valence-electron chi connectivity index (χ1n) is 4.42. The average molecular weight is 274 g/mol. The molecule has 0 saturated carbocycles. The van der Waals surface area contributed by atoms with Gasteiger partial charge in [0.2, 0.25) is 0 Å². The van der Waals surface area contributed by atoms with E-state index in [0.29, 0.717) is 0 Å². The van der Waals surface area contributed by atoms with E-state index in [2.05, 4.69) is 4.98 Å². The van der Waals surface area contributed by atoms with Gasteiger partial charge in [-0.1, -0.05) is 32.9 Å². The lowest BCUT2D eigenvalue weighted by atomic mass is 10.2. The van der Waals surface area contributed by atoms with E-state index in [1.54, 1.807) is 0 Å². The highest BCUT2D eigenvalue weighted by Gasteiger charge is 2.40. The van der Waals surface area contributed by atoms with Crippen molar-refractivity contribution in [2.24, 2.45) is 0 Å². The number of aliphatic hydroxyl groups is 1. The Morgan fingerprint density at radius 2 is 1.76 bits per heavy atom. The molecule has 0 aliphatic carbocycles. The van der Waals surface area contributed by atoms with Crippen molar-refractivity contribution in [1.82, 2.24) is 4.98 Å². The van der Waals surface area contributed by atoms with E-state index in [0.717, 1.165) is 12.1 Å². The van der Waals surface area contributed by atoms with Gasteiger partial charge in [-0.15, -0.1) is 0 Å². The summed E-state index contributed by atoms with van der Waals surface area (Å²) in [4.78, 5) is 3.18. The summed E-state index contributed by atoms with van der Waals surface area (Å²) in [5.74, 6) is -0.440. The van der Waals surface area contributed by atoms with Crippen LogP contribution in [0.25, 0.3) is 0 Å². The van der Waals surface area contributed by atoms with Crippen molar-refractivity contribution in [3.05, 3.63) is 23.0 Å². The topological polar surface area (TPSA) is 53.4 Å². The molecule has 0 bridgehead atoms. The normalized spacial score (nSPS) is 11.9. The summed E-state index contributed by atoms with van der Waals surface area (Å²) in [6.45, 7) is 4.00. The number of hydrogen-bond acceptors (Lipinski definition) is 3. The van der Waals surface area contributed by atoms with E-state index in [1.165, 1.54) is 0 Å². The van der Waals surface area contributed by atoms with Gasteiger partial charge in [0.25, 0.3) is 0 Å². The van der Waals surface area contributed by atoms with Gasteiger partial charge >= 0.3 is 6.18 Å². The first kappa shape index (κ1) is 18.4. The van der Waals surface area contributed by atoms with Gasteiger partial charge in [-0.3, -0.25) is 0 Å². The Morgan fingerprint density at radius 3 is 2.12 bits per heavy atom. The Kier molecular flexibility index (Phi) is 7.93. The monoisotopic (exact) mass is 273 g/mol. The third kappa shape index (κ3) is 5.23. The minimum Gasteiger partial charge on any atom is -0.505 e. The number of alkyl halides is 3. The van der Waals surface area contributed by atoms with Gasteiger partial charge in [-0.25, -0.2) is 4.98 Å². The second-order valence-electron chi connectivity index (χ2n) is 2.49. The number of halogens is 4. The maximum Gasteiger partial charge on any atom is 0.420 e. The van der Waals surface area contributed by atoms with Gasteiger partial charge in [-0.05, 0) is 12.1 Å². The van der Waals surface area contributed by atoms with Gasteiger partial charge in [0.1, 0.15) is 0 Å². The van der Waals surface area contributed by atoms with E-state index in [4.69, 9.17) is 21.8 Å².